The molecule has 0 aliphatic carbocycles. The first-order valence-electron chi connectivity index (χ1n) is 18.3. The fourth-order valence-corrected chi connectivity index (χ4v) is 6.04. The van der Waals surface area contributed by atoms with E-state index in [1.807, 2.05) is 0 Å². The van der Waals surface area contributed by atoms with Gasteiger partial charge in [-0.1, -0.05) is 59.8 Å². The van der Waals surface area contributed by atoms with E-state index in [-0.39, 0.29) is 41.2 Å². The van der Waals surface area contributed by atoms with E-state index in [4.69, 9.17) is 33.2 Å². The molecule has 4 aromatic carbocycles. The van der Waals surface area contributed by atoms with Crippen molar-refractivity contribution in [1.82, 2.24) is 15.0 Å². The van der Waals surface area contributed by atoms with Crippen molar-refractivity contribution in [2.75, 3.05) is 20.3 Å². The molecule has 16 heteroatoms. The molecule has 0 amide bonds. The third-order valence-electron chi connectivity index (χ3n) is 8.95. The van der Waals surface area contributed by atoms with Crippen LogP contribution in [0.3, 0.4) is 0 Å². The molecule has 0 saturated carbocycles. The summed E-state index contributed by atoms with van der Waals surface area (Å²) in [7, 11) is 1.34. The van der Waals surface area contributed by atoms with Gasteiger partial charge in [-0.05, 0) is 67.4 Å². The molecule has 1 aromatic heterocycles. The number of aromatic carboxylic acids is 1. The Bertz CT molecular complexity index is 2130. The lowest BCUT2D eigenvalue weighted by Crippen LogP contribution is -2.62. The monoisotopic (exact) mass is 795 g/mol. The van der Waals surface area contributed by atoms with Gasteiger partial charge in [0.05, 0.1) is 42.7 Å². The molecule has 0 radical (unpaired) electrons. The molecule has 1 saturated heterocycles. The van der Waals surface area contributed by atoms with E-state index in [9.17, 15) is 29.4 Å². The molecule has 1 aliphatic rings. The van der Waals surface area contributed by atoms with Gasteiger partial charge in [0, 0.05) is 13.7 Å². The molecule has 5 atom stereocenters. The number of carboxylic acids is 1. The lowest BCUT2D eigenvalue weighted by molar-refractivity contribution is -0.294. The van der Waals surface area contributed by atoms with Crippen molar-refractivity contribution < 1.29 is 62.5 Å². The lowest BCUT2D eigenvalue weighted by Gasteiger charge is -2.44. The minimum atomic E-state index is -1.42. The summed E-state index contributed by atoms with van der Waals surface area (Å²) in [6.45, 7) is 0.592. The summed E-state index contributed by atoms with van der Waals surface area (Å²) in [5, 5.41) is 27.2. The molecule has 302 valence electrons. The van der Waals surface area contributed by atoms with E-state index in [0.29, 0.717) is 37.4 Å². The molecule has 6 rings (SSSR count). The largest absolute Gasteiger partial charge is 0.507 e. The highest BCUT2D eigenvalue weighted by Gasteiger charge is 2.53. The van der Waals surface area contributed by atoms with Gasteiger partial charge >= 0.3 is 23.9 Å². The standard InChI is InChI=1S/C42H41N3O13/c1-52-42-37(58-41(51)29-17-9-4-10-18-29)36(57-40(50)28-15-7-3-8-16-28)35(56-39(49)27-13-5-2-6-14-27)34(55-42)26-53-25-30-24-45(44-43-30)21-11-12-22-54-31-19-20-33(46)32(23-31)38(47)48/h2-10,13-20,23-24,34-37,42,46H,11-12,21-22,25-26H2,1H3,(H,47,48)/t34-,35-,36+,37-,42+/m1/s1. The molecule has 0 unspecified atom stereocenters. The predicted molar refractivity (Wildman–Crippen MR) is 202 cm³/mol. The predicted octanol–water partition coefficient (Wildman–Crippen LogP) is 5.11. The minimum absolute atomic E-state index is 0.0202. The Labute approximate surface area is 332 Å². The third-order valence-corrected chi connectivity index (χ3v) is 8.95. The van der Waals surface area contributed by atoms with Gasteiger partial charge in [0.1, 0.15) is 28.9 Å². The summed E-state index contributed by atoms with van der Waals surface area (Å²) in [5.41, 5.74) is 0.893. The normalized spacial score (nSPS) is 18.8. The summed E-state index contributed by atoms with van der Waals surface area (Å²) in [4.78, 5) is 51.8. The molecule has 0 bridgehead atoms. The highest BCUT2D eigenvalue weighted by atomic mass is 16.7. The van der Waals surface area contributed by atoms with Crippen LogP contribution in [0.2, 0.25) is 0 Å². The number of benzene rings is 4. The minimum Gasteiger partial charge on any atom is -0.507 e. The zero-order valence-corrected chi connectivity index (χ0v) is 31.3. The van der Waals surface area contributed by atoms with E-state index in [1.165, 1.54) is 25.3 Å². The number of carbonyl (C=O) groups excluding carboxylic acids is 3. The number of ether oxygens (including phenoxy) is 7. The molecule has 58 heavy (non-hydrogen) atoms. The SMILES string of the molecule is CO[C@H]1O[C@H](COCc2cn(CCCCOc3ccc(O)c(C(=O)O)c3)nn2)[C@@H](OC(=O)c2ccccc2)[C@H](OC(=O)c2ccccc2)[C@H]1OC(=O)c1ccccc1. The maximum Gasteiger partial charge on any atom is 0.339 e. The Morgan fingerprint density at radius 1 is 0.741 bits per heavy atom. The number of aryl methyl sites for hydroxylation is 1. The van der Waals surface area contributed by atoms with Crippen LogP contribution in [0, 0.1) is 0 Å². The zero-order valence-electron chi connectivity index (χ0n) is 31.3. The highest BCUT2D eigenvalue weighted by molar-refractivity contribution is 5.92. The van der Waals surface area contributed by atoms with Gasteiger partial charge in [0.2, 0.25) is 0 Å². The van der Waals surface area contributed by atoms with Gasteiger partial charge in [0.25, 0.3) is 0 Å². The van der Waals surface area contributed by atoms with Crippen LogP contribution in [0.1, 0.15) is 60.0 Å². The second-order valence-electron chi connectivity index (χ2n) is 13.0. The van der Waals surface area contributed by atoms with Crippen LogP contribution < -0.4 is 4.74 Å². The van der Waals surface area contributed by atoms with E-state index in [2.05, 4.69) is 10.3 Å². The average Bonchev–Trinajstić information content (AvgIpc) is 3.70. The molecule has 2 heterocycles. The Morgan fingerprint density at radius 2 is 1.31 bits per heavy atom. The van der Waals surface area contributed by atoms with Crippen LogP contribution >= 0.6 is 0 Å². The summed E-state index contributed by atoms with van der Waals surface area (Å²) < 4.78 is 43.1. The van der Waals surface area contributed by atoms with Gasteiger partial charge in [-0.25, -0.2) is 19.2 Å². The van der Waals surface area contributed by atoms with Crippen molar-refractivity contribution in [2.24, 2.45) is 0 Å². The van der Waals surface area contributed by atoms with E-state index >= 15 is 0 Å². The van der Waals surface area contributed by atoms with Crippen LogP contribution in [0.25, 0.3) is 0 Å². The van der Waals surface area contributed by atoms with E-state index in [0.717, 1.165) is 0 Å². The van der Waals surface area contributed by atoms with Crippen molar-refractivity contribution in [2.45, 2.75) is 56.7 Å². The van der Waals surface area contributed by atoms with Gasteiger partial charge in [-0.15, -0.1) is 5.10 Å². The maximum atomic E-state index is 13.6. The average molecular weight is 796 g/mol. The number of aromatic hydroxyl groups is 1. The Morgan fingerprint density at radius 3 is 1.88 bits per heavy atom. The van der Waals surface area contributed by atoms with Crippen LogP contribution in [-0.4, -0.2) is 100 Å². The van der Waals surface area contributed by atoms with Gasteiger partial charge in [-0.2, -0.15) is 0 Å². The van der Waals surface area contributed by atoms with Gasteiger partial charge < -0.3 is 43.4 Å². The lowest BCUT2D eigenvalue weighted by atomic mass is 9.97. The number of rotatable bonds is 18. The number of phenols is 1. The van der Waals surface area contributed by atoms with Crippen LogP contribution in [0.5, 0.6) is 11.5 Å². The number of hydrogen-bond acceptors (Lipinski definition) is 14. The van der Waals surface area contributed by atoms with Crippen LogP contribution in [0.4, 0.5) is 0 Å². The molecular formula is C42H41N3O13. The highest BCUT2D eigenvalue weighted by Crippen LogP contribution is 2.31. The van der Waals surface area contributed by atoms with Gasteiger partial charge in [0.15, 0.2) is 24.6 Å². The molecule has 16 nitrogen and oxygen atoms in total. The van der Waals surface area contributed by atoms with E-state index in [1.54, 1.807) is 102 Å². The Kier molecular flexibility index (Phi) is 14.1. The fourth-order valence-electron chi connectivity index (χ4n) is 6.04. The molecular weight excluding hydrogens is 754 g/mol. The molecule has 1 aliphatic heterocycles. The first-order chi connectivity index (χ1) is 28.2. The molecule has 5 aromatic rings. The Balaban J connectivity index is 1.14. The summed E-state index contributed by atoms with van der Waals surface area (Å²) >= 11 is 0. The molecule has 2 N–H and O–H groups in total. The van der Waals surface area contributed by atoms with E-state index < -0.39 is 54.6 Å². The van der Waals surface area contributed by atoms with Crippen molar-refractivity contribution in [3.8, 4) is 11.5 Å². The number of esters is 3. The number of unbranched alkanes of at least 4 members (excludes halogenated alkanes) is 1. The van der Waals surface area contributed by atoms with Crippen molar-refractivity contribution in [3.63, 3.8) is 0 Å². The summed E-state index contributed by atoms with van der Waals surface area (Å²) in [6.07, 6.45) is -3.54. The number of carboxylic acid groups (broad SMARTS) is 1. The van der Waals surface area contributed by atoms with Crippen LogP contribution in [0.15, 0.2) is 115 Å². The van der Waals surface area contributed by atoms with Crippen molar-refractivity contribution in [3.05, 3.63) is 143 Å². The summed E-state index contributed by atoms with van der Waals surface area (Å²) in [5.74, 6) is -3.52. The van der Waals surface area contributed by atoms with Gasteiger partial charge in [-0.3, -0.25) is 4.68 Å². The zero-order chi connectivity index (χ0) is 40.9. The third kappa shape index (κ3) is 10.8. The second kappa shape index (κ2) is 20.0. The summed E-state index contributed by atoms with van der Waals surface area (Å²) in [6, 6.07) is 28.6. The molecule has 0 spiro atoms. The second-order valence-corrected chi connectivity index (χ2v) is 13.0. The number of carbonyl (C=O) groups is 4. The number of methoxy groups -OCH3 is 1. The maximum absolute atomic E-state index is 13.6. The van der Waals surface area contributed by atoms with Crippen molar-refractivity contribution >= 4 is 23.9 Å². The topological polar surface area (TPSA) is 204 Å². The van der Waals surface area contributed by atoms with Crippen molar-refractivity contribution in [1.29, 1.82) is 0 Å². The first-order valence-corrected chi connectivity index (χ1v) is 18.3. The van der Waals surface area contributed by atoms with Crippen LogP contribution in [-0.2, 0) is 41.6 Å². The number of aromatic nitrogens is 3. The Hall–Kier alpha value is -6.62. The fraction of sp³-hybridized carbons (Fsp3) is 0.286. The molecule has 1 fully saturated rings. The first kappa shape index (κ1) is 41.0. The number of nitrogens with zero attached hydrogens (tertiary/aromatic N) is 3. The quantitative estimate of drug-likeness (QED) is 0.0672. The number of hydrogen-bond donors (Lipinski definition) is 2. The smallest absolute Gasteiger partial charge is 0.339 e.